The number of nitrogens with one attached hydrogen (secondary N) is 2. The number of rotatable bonds is 5. The number of aromatic amines is 1. The van der Waals surface area contributed by atoms with Crippen molar-refractivity contribution in [3.05, 3.63) is 87.2 Å². The van der Waals surface area contributed by atoms with E-state index in [1.54, 1.807) is 23.5 Å². The zero-order valence-electron chi connectivity index (χ0n) is 17.2. The number of nitrogens with zero attached hydrogens (tertiary/aromatic N) is 3. The second-order valence-electron chi connectivity index (χ2n) is 7.56. The quantitative estimate of drug-likeness (QED) is 0.452. The van der Waals surface area contributed by atoms with Gasteiger partial charge in [-0.05, 0) is 48.8 Å². The van der Waals surface area contributed by atoms with Gasteiger partial charge in [0.15, 0.2) is 0 Å². The van der Waals surface area contributed by atoms with E-state index in [2.05, 4.69) is 20.4 Å². The minimum absolute atomic E-state index is 0.140. The lowest BCUT2D eigenvalue weighted by atomic mass is 9.97. The van der Waals surface area contributed by atoms with Crippen LogP contribution < -0.4 is 10.9 Å². The van der Waals surface area contributed by atoms with Crippen molar-refractivity contribution in [2.75, 3.05) is 5.32 Å². The molecule has 32 heavy (non-hydrogen) atoms. The molecular formula is C24H21N5O2S. The Labute approximate surface area is 188 Å². The van der Waals surface area contributed by atoms with Gasteiger partial charge in [0.25, 0.3) is 5.56 Å². The molecule has 5 rings (SSSR count). The summed E-state index contributed by atoms with van der Waals surface area (Å²) < 4.78 is 1.50. The molecule has 2 N–H and O–H groups in total. The molecule has 0 unspecified atom stereocenters. The minimum Gasteiger partial charge on any atom is -0.307 e. The number of fused-ring (bicyclic) bond motifs is 1. The van der Waals surface area contributed by atoms with E-state index in [1.165, 1.54) is 10.8 Å². The lowest BCUT2D eigenvalue weighted by Crippen LogP contribution is -2.24. The normalized spacial score (nSPS) is 13.2. The zero-order chi connectivity index (χ0) is 21.9. The minimum atomic E-state index is -0.298. The van der Waals surface area contributed by atoms with Crippen LogP contribution >= 0.6 is 11.3 Å². The number of carbonyl (C=O) groups excluding carboxylic acids is 1. The number of anilines is 1. The molecule has 3 heterocycles. The summed E-state index contributed by atoms with van der Waals surface area (Å²) in [6.07, 6.45) is 6.74. The van der Waals surface area contributed by atoms with Gasteiger partial charge in [0.1, 0.15) is 11.5 Å². The predicted molar refractivity (Wildman–Crippen MR) is 126 cm³/mol. The van der Waals surface area contributed by atoms with Crippen LogP contribution in [0, 0.1) is 0 Å². The van der Waals surface area contributed by atoms with E-state index in [-0.39, 0.29) is 11.5 Å². The summed E-state index contributed by atoms with van der Waals surface area (Å²) in [7, 11) is 0. The second-order valence-corrected chi connectivity index (χ2v) is 8.51. The van der Waals surface area contributed by atoms with E-state index >= 15 is 0 Å². The number of hydrogen-bond donors (Lipinski definition) is 2. The molecule has 0 saturated heterocycles. The number of hydrogen-bond acceptors (Lipinski definition) is 5. The van der Waals surface area contributed by atoms with Gasteiger partial charge >= 0.3 is 0 Å². The van der Waals surface area contributed by atoms with Crippen molar-refractivity contribution in [2.45, 2.75) is 25.7 Å². The average molecular weight is 444 g/mol. The van der Waals surface area contributed by atoms with Crippen LogP contribution in [0.3, 0.4) is 0 Å². The monoisotopic (exact) mass is 443 g/mol. The summed E-state index contributed by atoms with van der Waals surface area (Å²) >= 11 is 1.55. The third kappa shape index (κ3) is 4.17. The van der Waals surface area contributed by atoms with E-state index in [1.807, 2.05) is 47.8 Å². The molecule has 1 aliphatic rings. The molecule has 160 valence electrons. The Morgan fingerprint density at radius 1 is 1.12 bits per heavy atom. The molecular weight excluding hydrogens is 422 g/mol. The molecule has 1 aromatic carbocycles. The van der Waals surface area contributed by atoms with Crippen LogP contribution in [0.1, 0.15) is 29.7 Å². The molecule has 4 aromatic rings. The highest BCUT2D eigenvalue weighted by molar-refractivity contribution is 7.13. The van der Waals surface area contributed by atoms with Gasteiger partial charge in [-0.2, -0.15) is 9.78 Å². The van der Waals surface area contributed by atoms with Gasteiger partial charge in [-0.3, -0.25) is 14.6 Å². The van der Waals surface area contributed by atoms with Crippen molar-refractivity contribution < 1.29 is 4.79 Å². The van der Waals surface area contributed by atoms with Crippen molar-refractivity contribution in [1.82, 2.24) is 19.7 Å². The molecule has 1 aliphatic carbocycles. The van der Waals surface area contributed by atoms with E-state index in [0.29, 0.717) is 17.5 Å². The lowest BCUT2D eigenvalue weighted by Gasteiger charge is -2.15. The number of thiophene rings is 1. The van der Waals surface area contributed by atoms with E-state index in [0.717, 1.165) is 47.4 Å². The van der Waals surface area contributed by atoms with Crippen LogP contribution in [0.4, 0.5) is 5.82 Å². The predicted octanol–water partition coefficient (Wildman–Crippen LogP) is 4.21. The first kappa shape index (κ1) is 20.1. The number of H-pyrrole nitrogens is 1. The van der Waals surface area contributed by atoms with Crippen molar-refractivity contribution in [3.8, 4) is 16.5 Å². The summed E-state index contributed by atoms with van der Waals surface area (Å²) in [6.45, 7) is 0. The Kier molecular flexibility index (Phi) is 5.51. The Bertz CT molecular complexity index is 1340. The molecule has 0 bridgehead atoms. The van der Waals surface area contributed by atoms with Crippen LogP contribution in [0.15, 0.2) is 64.8 Å². The molecule has 3 aromatic heterocycles. The molecule has 0 saturated carbocycles. The fourth-order valence-electron chi connectivity index (χ4n) is 3.77. The van der Waals surface area contributed by atoms with E-state index < -0.39 is 0 Å². The molecule has 1 amide bonds. The first-order valence-electron chi connectivity index (χ1n) is 10.5. The number of carbonyl (C=O) groups is 1. The summed E-state index contributed by atoms with van der Waals surface area (Å²) in [5.74, 6) is 0.448. The van der Waals surface area contributed by atoms with E-state index in [4.69, 9.17) is 0 Å². The smallest absolute Gasteiger partial charge is 0.255 e. The Hall–Kier alpha value is -3.78. The van der Waals surface area contributed by atoms with Crippen LogP contribution in [0.2, 0.25) is 0 Å². The summed E-state index contributed by atoms with van der Waals surface area (Å²) in [6, 6.07) is 15.3. The maximum Gasteiger partial charge on any atom is 0.255 e. The van der Waals surface area contributed by atoms with Crippen LogP contribution in [0.25, 0.3) is 22.6 Å². The van der Waals surface area contributed by atoms with Crippen molar-refractivity contribution >= 4 is 29.1 Å². The summed E-state index contributed by atoms with van der Waals surface area (Å²) in [5, 5.41) is 9.48. The van der Waals surface area contributed by atoms with Gasteiger partial charge in [0.05, 0.1) is 10.6 Å². The van der Waals surface area contributed by atoms with Gasteiger partial charge < -0.3 is 5.32 Å². The Balaban J connectivity index is 1.51. The first-order chi connectivity index (χ1) is 15.7. The Morgan fingerprint density at radius 2 is 1.97 bits per heavy atom. The number of aromatic nitrogens is 4. The fourth-order valence-corrected chi connectivity index (χ4v) is 4.45. The van der Waals surface area contributed by atoms with Crippen molar-refractivity contribution in [2.24, 2.45) is 0 Å². The van der Waals surface area contributed by atoms with Gasteiger partial charge in [-0.1, -0.05) is 36.4 Å². The highest BCUT2D eigenvalue weighted by Crippen LogP contribution is 2.27. The molecule has 0 radical (unpaired) electrons. The number of benzene rings is 1. The van der Waals surface area contributed by atoms with Gasteiger partial charge in [0.2, 0.25) is 11.9 Å². The Morgan fingerprint density at radius 3 is 2.78 bits per heavy atom. The maximum atomic E-state index is 12.7. The standard InChI is InChI=1S/C24H21N5O2S/c30-22(13-12-16-7-2-1-3-8-16)26-21-15-19(20-11-6-14-32-20)28-29(21)24-25-18-10-5-4-9-17(18)23(31)27-24/h1-3,6-8,11-15H,4-5,9-10H2,(H,26,30)(H,25,27,31)/b13-12-. The van der Waals surface area contributed by atoms with Crippen molar-refractivity contribution in [3.63, 3.8) is 0 Å². The van der Waals surface area contributed by atoms with Crippen molar-refractivity contribution in [1.29, 1.82) is 0 Å². The van der Waals surface area contributed by atoms with Gasteiger partial charge in [-0.25, -0.2) is 4.98 Å². The molecule has 0 spiro atoms. The molecule has 0 aliphatic heterocycles. The van der Waals surface area contributed by atoms with E-state index in [9.17, 15) is 9.59 Å². The third-order valence-electron chi connectivity index (χ3n) is 5.34. The highest BCUT2D eigenvalue weighted by atomic mass is 32.1. The van der Waals surface area contributed by atoms with Gasteiger partial charge in [-0.15, -0.1) is 11.3 Å². The third-order valence-corrected chi connectivity index (χ3v) is 6.23. The number of amides is 1. The SMILES string of the molecule is O=C(/C=C\c1ccccc1)Nc1cc(-c2cccs2)nn1-c1nc2c(c(=O)[nH]1)CCCC2. The molecule has 8 heteroatoms. The molecule has 0 atom stereocenters. The topological polar surface area (TPSA) is 92.7 Å². The van der Waals surface area contributed by atoms with Crippen LogP contribution in [0.5, 0.6) is 0 Å². The second kappa shape index (κ2) is 8.76. The zero-order valence-corrected chi connectivity index (χ0v) is 18.1. The molecule has 0 fully saturated rings. The first-order valence-corrected chi connectivity index (χ1v) is 11.4. The molecule has 7 nitrogen and oxygen atoms in total. The largest absolute Gasteiger partial charge is 0.307 e. The fraction of sp³-hybridized carbons (Fsp3) is 0.167. The van der Waals surface area contributed by atoms with Gasteiger partial charge in [0, 0.05) is 17.7 Å². The highest BCUT2D eigenvalue weighted by Gasteiger charge is 2.19. The summed E-state index contributed by atoms with van der Waals surface area (Å²) in [5.41, 5.74) is 3.05. The van der Waals surface area contributed by atoms with Crippen LogP contribution in [-0.2, 0) is 17.6 Å². The maximum absolute atomic E-state index is 12.7. The van der Waals surface area contributed by atoms with Crippen LogP contribution in [-0.4, -0.2) is 25.7 Å². The number of aryl methyl sites for hydroxylation is 1. The summed E-state index contributed by atoms with van der Waals surface area (Å²) in [4.78, 5) is 33.8. The lowest BCUT2D eigenvalue weighted by molar-refractivity contribution is -0.111. The average Bonchev–Trinajstić information content (AvgIpc) is 3.49.